The van der Waals surface area contributed by atoms with E-state index in [2.05, 4.69) is 46.0 Å². The van der Waals surface area contributed by atoms with E-state index in [9.17, 15) is 0 Å². The summed E-state index contributed by atoms with van der Waals surface area (Å²) in [6.07, 6.45) is 13.8. The maximum atomic E-state index is 5.68. The summed E-state index contributed by atoms with van der Waals surface area (Å²) in [5, 5.41) is 0. The first-order valence-electron chi connectivity index (χ1n) is 8.95. The Morgan fingerprint density at radius 2 is 1.74 bits per heavy atom. The minimum atomic E-state index is 0. The van der Waals surface area contributed by atoms with Gasteiger partial charge in [-0.3, -0.25) is 6.08 Å². The average Bonchev–Trinajstić information content (AvgIpc) is 3.19. The Bertz CT molecular complexity index is 587. The summed E-state index contributed by atoms with van der Waals surface area (Å²) in [7, 11) is 2.42. The van der Waals surface area contributed by atoms with E-state index in [1.165, 1.54) is 0 Å². The summed E-state index contributed by atoms with van der Waals surface area (Å²) in [6.45, 7) is 12.8. The van der Waals surface area contributed by atoms with Crippen LogP contribution in [0, 0.1) is 11.5 Å². The zero-order valence-corrected chi connectivity index (χ0v) is 20.6. The second-order valence-electron chi connectivity index (χ2n) is 6.79. The first kappa shape index (κ1) is 27.9. The predicted octanol–water partition coefficient (Wildman–Crippen LogP) is 6.37. The summed E-state index contributed by atoms with van der Waals surface area (Å²) in [6, 6.07) is 9.75. The molecule has 0 saturated carbocycles. The first-order chi connectivity index (χ1) is 12.3. The van der Waals surface area contributed by atoms with E-state index in [0.29, 0.717) is 0 Å². The number of allylic oxidation sites excluding steroid dienone is 7. The number of rotatable bonds is 4. The third kappa shape index (κ3) is 15.5. The zero-order chi connectivity index (χ0) is 19.8. The van der Waals surface area contributed by atoms with Crippen LogP contribution in [0.4, 0.5) is 0 Å². The molecule has 0 bridgehead atoms. The van der Waals surface area contributed by atoms with Crippen LogP contribution in [0.1, 0.15) is 34.1 Å². The quantitative estimate of drug-likeness (QED) is 0.245. The Morgan fingerprint density at radius 3 is 2.11 bits per heavy atom. The molecular weight excluding hydrogens is 384 g/mol. The van der Waals surface area contributed by atoms with E-state index in [1.807, 2.05) is 55.5 Å². The molecule has 2 rings (SSSR count). The van der Waals surface area contributed by atoms with Gasteiger partial charge in [0.15, 0.2) is 0 Å². The van der Waals surface area contributed by atoms with Crippen LogP contribution < -0.4 is 4.74 Å². The second-order valence-corrected chi connectivity index (χ2v) is 7.95. The minimum absolute atomic E-state index is 0. The van der Waals surface area contributed by atoms with E-state index >= 15 is 0 Å². The third-order valence-corrected chi connectivity index (χ3v) is 3.20. The number of para-hydroxylation sites is 1. The zero-order valence-electron chi connectivity index (χ0n) is 17.9. The fraction of sp³-hybridized carbons (Fsp3) is 0.391. The van der Waals surface area contributed by atoms with Crippen molar-refractivity contribution in [1.82, 2.24) is 0 Å². The monoisotopic (exact) mass is 418 g/mol. The predicted molar refractivity (Wildman–Crippen MR) is 116 cm³/mol. The van der Waals surface area contributed by atoms with Crippen molar-refractivity contribution in [3.05, 3.63) is 78.3 Å². The molecule has 27 heavy (non-hydrogen) atoms. The molecule has 0 aliphatic heterocycles. The molecule has 2 nitrogen and oxygen atoms in total. The van der Waals surface area contributed by atoms with Crippen LogP contribution in [-0.4, -0.2) is 16.6 Å². The summed E-state index contributed by atoms with van der Waals surface area (Å²) in [5.41, 5.74) is 1.10. The smallest absolute Gasteiger partial charge is 0.126 e. The Balaban J connectivity index is 0. The molecule has 0 saturated heterocycles. The molecule has 147 valence electrons. The Labute approximate surface area is 184 Å². The molecule has 0 N–H and O–H groups in total. The second kappa shape index (κ2) is 16.9. The molecule has 0 heterocycles. The maximum absolute atomic E-state index is 5.68. The van der Waals surface area contributed by atoms with Gasteiger partial charge in [0.05, 0.1) is 19.1 Å². The number of hydrogen-bond donors (Lipinski definition) is 0. The van der Waals surface area contributed by atoms with Gasteiger partial charge in [-0.25, -0.2) is 12.2 Å². The standard InChI is InChI=1S/C16H22O2.C5H5.C2H7Si.Ti/c1-13(17-5)11-14(16(2,3)4)12-18-15-9-7-6-8-10-15;1-2-4-5-3-1;1-3-2;/h6-12H,1-5H3;1-3H,4H2;3H,1-2H3;/q;-1;;. The number of benzene rings is 1. The van der Waals surface area contributed by atoms with Gasteiger partial charge in [0.25, 0.3) is 0 Å². The average molecular weight is 418 g/mol. The van der Waals surface area contributed by atoms with Crippen molar-refractivity contribution in [3.63, 3.8) is 0 Å². The maximum Gasteiger partial charge on any atom is 0.126 e. The molecule has 0 atom stereocenters. The van der Waals surface area contributed by atoms with Gasteiger partial charge >= 0.3 is 0 Å². The van der Waals surface area contributed by atoms with Crippen LogP contribution in [0.25, 0.3) is 0 Å². The summed E-state index contributed by atoms with van der Waals surface area (Å²) in [4.78, 5) is 0. The van der Waals surface area contributed by atoms with Crippen LogP contribution >= 0.6 is 0 Å². The molecule has 1 aliphatic carbocycles. The van der Waals surface area contributed by atoms with Gasteiger partial charge in [0.1, 0.15) is 5.75 Å². The molecule has 0 aromatic heterocycles. The van der Waals surface area contributed by atoms with E-state index in [1.54, 1.807) is 13.4 Å². The van der Waals surface area contributed by atoms with Crippen LogP contribution in [0.5, 0.6) is 5.75 Å². The van der Waals surface area contributed by atoms with Gasteiger partial charge in [-0.05, 0) is 36.1 Å². The van der Waals surface area contributed by atoms with Gasteiger partial charge in [-0.15, -0.1) is 6.42 Å². The van der Waals surface area contributed by atoms with Gasteiger partial charge < -0.3 is 9.47 Å². The van der Waals surface area contributed by atoms with Gasteiger partial charge in [0, 0.05) is 31.2 Å². The van der Waals surface area contributed by atoms with Gasteiger partial charge in [0.2, 0.25) is 0 Å². The SMILES string of the molecule is COC(C)=CC(=COc1ccccc1)C(C)(C)C.C[SiH]C.[C-]1=CC=CC1.[Ti]. The van der Waals surface area contributed by atoms with Crippen molar-refractivity contribution in [2.24, 2.45) is 5.41 Å². The molecule has 0 unspecified atom stereocenters. The Kier molecular flexibility index (Phi) is 17.4. The first-order valence-corrected chi connectivity index (χ1v) is 11.3. The van der Waals surface area contributed by atoms with Crippen molar-refractivity contribution in [2.75, 3.05) is 7.11 Å². The summed E-state index contributed by atoms with van der Waals surface area (Å²) in [5.74, 6) is 1.70. The van der Waals surface area contributed by atoms with E-state index in [4.69, 9.17) is 9.47 Å². The van der Waals surface area contributed by atoms with Crippen molar-refractivity contribution >= 4 is 9.52 Å². The minimum Gasteiger partial charge on any atom is -0.501 e. The Morgan fingerprint density at radius 1 is 1.15 bits per heavy atom. The number of ether oxygens (including phenoxy) is 2. The fourth-order valence-electron chi connectivity index (χ4n) is 1.68. The molecule has 1 aliphatic rings. The topological polar surface area (TPSA) is 18.5 Å². The van der Waals surface area contributed by atoms with Crippen LogP contribution in [-0.2, 0) is 26.5 Å². The summed E-state index contributed by atoms with van der Waals surface area (Å²) >= 11 is 0. The van der Waals surface area contributed by atoms with Crippen molar-refractivity contribution in [2.45, 2.75) is 47.2 Å². The summed E-state index contributed by atoms with van der Waals surface area (Å²) < 4.78 is 10.9. The third-order valence-electron chi connectivity index (χ3n) is 3.20. The largest absolute Gasteiger partial charge is 0.501 e. The molecule has 4 heteroatoms. The molecule has 0 spiro atoms. The molecule has 0 fully saturated rings. The van der Waals surface area contributed by atoms with Crippen molar-refractivity contribution in [3.8, 4) is 5.75 Å². The normalized spacial score (nSPS) is 12.9. The molecule has 1 radical (unpaired) electrons. The van der Waals surface area contributed by atoms with Crippen LogP contribution in [0.2, 0.25) is 13.1 Å². The fourth-order valence-corrected chi connectivity index (χ4v) is 1.68. The van der Waals surface area contributed by atoms with Gasteiger partial charge in [-0.2, -0.15) is 6.08 Å². The van der Waals surface area contributed by atoms with E-state index in [0.717, 1.165) is 33.0 Å². The van der Waals surface area contributed by atoms with Crippen molar-refractivity contribution < 1.29 is 31.2 Å². The molecular formula is C23H34O2SiTi-. The number of hydrogen-bond acceptors (Lipinski definition) is 2. The van der Waals surface area contributed by atoms with Crippen LogP contribution in [0.15, 0.2) is 72.2 Å². The van der Waals surface area contributed by atoms with E-state index < -0.39 is 0 Å². The van der Waals surface area contributed by atoms with E-state index in [-0.39, 0.29) is 27.1 Å². The molecule has 1 aromatic carbocycles. The van der Waals surface area contributed by atoms with Crippen LogP contribution in [0.3, 0.4) is 0 Å². The van der Waals surface area contributed by atoms with Gasteiger partial charge in [-0.1, -0.05) is 52.1 Å². The Hall–Kier alpha value is -1.29. The van der Waals surface area contributed by atoms with Crippen molar-refractivity contribution in [1.29, 1.82) is 0 Å². The molecule has 0 amide bonds. The number of methoxy groups -OCH3 is 1. The molecule has 1 aromatic rings.